The number of para-hydroxylation sites is 1. The van der Waals surface area contributed by atoms with Crippen molar-refractivity contribution in [3.8, 4) is 0 Å². The van der Waals surface area contributed by atoms with E-state index in [1.54, 1.807) is 23.1 Å². The number of carbonyl (C=O) groups excluding carboxylic acids is 1. The molecule has 1 aliphatic rings. The Morgan fingerprint density at radius 2 is 1.90 bits per heavy atom. The highest BCUT2D eigenvalue weighted by Crippen LogP contribution is 2.17. The number of fused-ring (bicyclic) bond motifs is 1. The van der Waals surface area contributed by atoms with Crippen LogP contribution in [0.4, 0.5) is 0 Å². The molecule has 1 fully saturated rings. The number of carbonyl (C=O) groups is 1. The summed E-state index contributed by atoms with van der Waals surface area (Å²) in [6.07, 6.45) is 0. The average Bonchev–Trinajstić information content (AvgIpc) is 2.46. The van der Waals surface area contributed by atoms with Crippen molar-refractivity contribution in [1.29, 1.82) is 0 Å². The van der Waals surface area contributed by atoms with Crippen LogP contribution in [0.5, 0.6) is 0 Å². The molecule has 21 heavy (non-hydrogen) atoms. The minimum atomic E-state index is -0.573. The number of nitrogens with one attached hydrogen (secondary N) is 1. The maximum Gasteiger partial charge on any atom is 0.349 e. The summed E-state index contributed by atoms with van der Waals surface area (Å²) >= 11 is 0. The van der Waals surface area contributed by atoms with Crippen LogP contribution in [0.15, 0.2) is 39.5 Å². The standard InChI is InChI=1S/C16H18N2O3/c1-10-8-17-9-11(2)18(10)15(19)13-7-12-5-3-4-6-14(12)21-16(13)20/h3-7,10-11,17H,8-9H2,1-2H3. The van der Waals surface area contributed by atoms with Crippen molar-refractivity contribution in [3.63, 3.8) is 0 Å². The normalized spacial score (nSPS) is 22.5. The smallest absolute Gasteiger partial charge is 0.349 e. The molecule has 1 aliphatic heterocycles. The Kier molecular flexibility index (Phi) is 3.51. The van der Waals surface area contributed by atoms with E-state index in [0.29, 0.717) is 5.58 Å². The van der Waals surface area contributed by atoms with E-state index in [-0.39, 0.29) is 23.6 Å². The third-order valence-corrected chi connectivity index (χ3v) is 3.94. The molecule has 0 aliphatic carbocycles. The van der Waals surface area contributed by atoms with Crippen LogP contribution in [0.25, 0.3) is 11.0 Å². The lowest BCUT2D eigenvalue weighted by Gasteiger charge is -2.39. The zero-order chi connectivity index (χ0) is 15.0. The van der Waals surface area contributed by atoms with Gasteiger partial charge in [0.15, 0.2) is 0 Å². The summed E-state index contributed by atoms with van der Waals surface area (Å²) in [4.78, 5) is 26.6. The van der Waals surface area contributed by atoms with Gasteiger partial charge < -0.3 is 14.6 Å². The Morgan fingerprint density at radius 1 is 1.24 bits per heavy atom. The summed E-state index contributed by atoms with van der Waals surface area (Å²) in [6, 6.07) is 8.94. The number of nitrogens with zero attached hydrogens (tertiary/aromatic N) is 1. The lowest BCUT2D eigenvalue weighted by Crippen LogP contribution is -2.57. The van der Waals surface area contributed by atoms with Gasteiger partial charge in [0.1, 0.15) is 11.1 Å². The van der Waals surface area contributed by atoms with Crippen LogP contribution in [-0.4, -0.2) is 36.0 Å². The molecule has 2 unspecified atom stereocenters. The van der Waals surface area contributed by atoms with E-state index in [9.17, 15) is 9.59 Å². The van der Waals surface area contributed by atoms with Gasteiger partial charge >= 0.3 is 5.63 Å². The maximum absolute atomic E-state index is 12.7. The van der Waals surface area contributed by atoms with Crippen molar-refractivity contribution in [2.24, 2.45) is 0 Å². The molecule has 2 heterocycles. The van der Waals surface area contributed by atoms with Crippen molar-refractivity contribution in [2.45, 2.75) is 25.9 Å². The van der Waals surface area contributed by atoms with Gasteiger partial charge in [0.2, 0.25) is 0 Å². The first kappa shape index (κ1) is 13.8. The predicted octanol–water partition coefficient (Wildman–Crippen LogP) is 1.62. The number of amides is 1. The van der Waals surface area contributed by atoms with Gasteiger partial charge in [-0.1, -0.05) is 18.2 Å². The first-order valence-electron chi connectivity index (χ1n) is 7.14. The van der Waals surface area contributed by atoms with Crippen molar-refractivity contribution >= 4 is 16.9 Å². The van der Waals surface area contributed by atoms with Crippen LogP contribution < -0.4 is 10.9 Å². The van der Waals surface area contributed by atoms with Gasteiger partial charge in [-0.2, -0.15) is 0 Å². The van der Waals surface area contributed by atoms with E-state index in [2.05, 4.69) is 5.32 Å². The molecule has 5 heteroatoms. The fourth-order valence-electron chi connectivity index (χ4n) is 2.88. The number of benzene rings is 1. The Hall–Kier alpha value is -2.14. The molecule has 3 rings (SSSR count). The van der Waals surface area contributed by atoms with Gasteiger partial charge in [0.05, 0.1) is 0 Å². The first-order valence-corrected chi connectivity index (χ1v) is 7.14. The first-order chi connectivity index (χ1) is 10.1. The number of hydrogen-bond donors (Lipinski definition) is 1. The topological polar surface area (TPSA) is 62.6 Å². The molecule has 2 atom stereocenters. The summed E-state index contributed by atoms with van der Waals surface area (Å²) in [5, 5.41) is 4.03. The zero-order valence-electron chi connectivity index (χ0n) is 12.1. The van der Waals surface area contributed by atoms with Crippen LogP contribution in [0.2, 0.25) is 0 Å². The van der Waals surface area contributed by atoms with Gasteiger partial charge in [-0.3, -0.25) is 4.79 Å². The van der Waals surface area contributed by atoms with E-state index >= 15 is 0 Å². The molecule has 0 saturated carbocycles. The molecular weight excluding hydrogens is 268 g/mol. The highest BCUT2D eigenvalue weighted by atomic mass is 16.4. The Labute approximate surface area is 122 Å². The van der Waals surface area contributed by atoms with E-state index in [0.717, 1.165) is 18.5 Å². The van der Waals surface area contributed by atoms with Gasteiger partial charge in [-0.05, 0) is 26.0 Å². The molecule has 1 amide bonds. The summed E-state index contributed by atoms with van der Waals surface area (Å²) < 4.78 is 5.26. The molecular formula is C16H18N2O3. The number of hydrogen-bond acceptors (Lipinski definition) is 4. The minimum Gasteiger partial charge on any atom is -0.422 e. The largest absolute Gasteiger partial charge is 0.422 e. The monoisotopic (exact) mass is 286 g/mol. The number of rotatable bonds is 1. The molecule has 110 valence electrons. The second-order valence-corrected chi connectivity index (χ2v) is 5.55. The third-order valence-electron chi connectivity index (χ3n) is 3.94. The summed E-state index contributed by atoms with van der Waals surface area (Å²) in [5.41, 5.74) is 0.0337. The summed E-state index contributed by atoms with van der Waals surface area (Å²) in [7, 11) is 0. The number of piperazine rings is 1. The quantitative estimate of drug-likeness (QED) is 0.809. The lowest BCUT2D eigenvalue weighted by atomic mass is 10.1. The van der Waals surface area contributed by atoms with E-state index in [1.807, 2.05) is 26.0 Å². The second kappa shape index (κ2) is 5.33. The molecule has 1 saturated heterocycles. The van der Waals surface area contributed by atoms with Gasteiger partial charge in [-0.25, -0.2) is 4.79 Å². The molecule has 0 spiro atoms. The van der Waals surface area contributed by atoms with Gasteiger partial charge in [0.25, 0.3) is 5.91 Å². The second-order valence-electron chi connectivity index (χ2n) is 5.55. The Morgan fingerprint density at radius 3 is 2.62 bits per heavy atom. The van der Waals surface area contributed by atoms with Crippen molar-refractivity contribution < 1.29 is 9.21 Å². The molecule has 1 aromatic heterocycles. The Bertz CT molecular complexity index is 728. The summed E-state index contributed by atoms with van der Waals surface area (Å²) in [6.45, 7) is 5.41. The Balaban J connectivity index is 2.05. The molecule has 1 aromatic carbocycles. The van der Waals surface area contributed by atoms with Crippen LogP contribution >= 0.6 is 0 Å². The molecule has 1 N–H and O–H groups in total. The lowest BCUT2D eigenvalue weighted by molar-refractivity contribution is 0.0540. The average molecular weight is 286 g/mol. The molecule has 2 aromatic rings. The van der Waals surface area contributed by atoms with Crippen LogP contribution in [-0.2, 0) is 0 Å². The third kappa shape index (κ3) is 2.45. The van der Waals surface area contributed by atoms with Crippen molar-refractivity contribution in [1.82, 2.24) is 10.2 Å². The molecule has 0 radical (unpaired) electrons. The SMILES string of the molecule is CC1CNCC(C)N1C(=O)c1cc2ccccc2oc1=O. The van der Waals surface area contributed by atoms with Gasteiger partial charge in [-0.15, -0.1) is 0 Å². The zero-order valence-corrected chi connectivity index (χ0v) is 12.1. The highest BCUT2D eigenvalue weighted by Gasteiger charge is 2.31. The van der Waals surface area contributed by atoms with E-state index < -0.39 is 5.63 Å². The summed E-state index contributed by atoms with van der Waals surface area (Å²) in [5.74, 6) is -0.254. The molecule has 5 nitrogen and oxygen atoms in total. The van der Waals surface area contributed by atoms with E-state index in [1.165, 1.54) is 0 Å². The van der Waals surface area contributed by atoms with Gasteiger partial charge in [0, 0.05) is 30.6 Å². The highest BCUT2D eigenvalue weighted by molar-refractivity contribution is 5.97. The fraction of sp³-hybridized carbons (Fsp3) is 0.375. The van der Waals surface area contributed by atoms with Crippen molar-refractivity contribution in [3.05, 3.63) is 46.3 Å². The van der Waals surface area contributed by atoms with Crippen LogP contribution in [0.1, 0.15) is 24.2 Å². The predicted molar refractivity (Wildman–Crippen MR) is 80.4 cm³/mol. The molecule has 0 bridgehead atoms. The fourth-order valence-corrected chi connectivity index (χ4v) is 2.88. The van der Waals surface area contributed by atoms with Crippen LogP contribution in [0, 0.1) is 0 Å². The van der Waals surface area contributed by atoms with E-state index in [4.69, 9.17) is 4.42 Å². The van der Waals surface area contributed by atoms with Crippen molar-refractivity contribution in [2.75, 3.05) is 13.1 Å². The minimum absolute atomic E-state index is 0.0483. The maximum atomic E-state index is 12.7. The van der Waals surface area contributed by atoms with Crippen LogP contribution in [0.3, 0.4) is 0 Å².